The zero-order valence-corrected chi connectivity index (χ0v) is 18.5. The Labute approximate surface area is 186 Å². The van der Waals surface area contributed by atoms with Crippen molar-refractivity contribution in [2.24, 2.45) is 0 Å². The van der Waals surface area contributed by atoms with Gasteiger partial charge in [-0.05, 0) is 62.2 Å². The lowest BCUT2D eigenvalue weighted by atomic mass is 9.97. The van der Waals surface area contributed by atoms with Gasteiger partial charge in [0.05, 0.1) is 6.04 Å². The third kappa shape index (κ3) is 4.64. The third-order valence-electron chi connectivity index (χ3n) is 5.18. The molecule has 1 amide bonds. The molecule has 0 aliphatic carbocycles. The normalized spacial score (nSPS) is 11.7. The summed E-state index contributed by atoms with van der Waals surface area (Å²) in [5.74, 6) is 0.652. The third-order valence-corrected chi connectivity index (χ3v) is 6.32. The Morgan fingerprint density at radius 3 is 2.48 bits per heavy atom. The fourth-order valence-electron chi connectivity index (χ4n) is 3.49. The van der Waals surface area contributed by atoms with E-state index in [0.29, 0.717) is 5.56 Å². The molecule has 1 aromatic carbocycles. The lowest BCUT2D eigenvalue weighted by molar-refractivity contribution is 0.102. The second-order valence-electron chi connectivity index (χ2n) is 7.37. The molecule has 3 aromatic heterocycles. The number of carbonyl (C=O) groups excluding carboxylic acids is 1. The van der Waals surface area contributed by atoms with Crippen molar-refractivity contribution in [3.05, 3.63) is 106 Å². The average molecular weight is 429 g/mol. The molecule has 0 spiro atoms. The van der Waals surface area contributed by atoms with Crippen LogP contribution in [0.25, 0.3) is 0 Å². The molecule has 156 valence electrons. The number of amides is 1. The van der Waals surface area contributed by atoms with Crippen molar-refractivity contribution in [1.29, 1.82) is 0 Å². The second-order valence-corrected chi connectivity index (χ2v) is 8.60. The molecule has 2 N–H and O–H groups in total. The van der Waals surface area contributed by atoms with Gasteiger partial charge in [-0.3, -0.25) is 9.78 Å². The fourth-order valence-corrected chi connectivity index (χ4v) is 4.58. The van der Waals surface area contributed by atoms with Crippen LogP contribution in [-0.2, 0) is 0 Å². The van der Waals surface area contributed by atoms with E-state index in [1.165, 1.54) is 0 Å². The van der Waals surface area contributed by atoms with E-state index in [2.05, 4.69) is 34.4 Å². The summed E-state index contributed by atoms with van der Waals surface area (Å²) in [6.07, 6.45) is 3.61. The highest BCUT2D eigenvalue weighted by molar-refractivity contribution is 7.16. The SMILES string of the molecule is Cc1cccc(N[C@H](c2cccnc2)c2c(NC(=O)c3ccccc3)sc(C)c2C)n1. The zero-order valence-electron chi connectivity index (χ0n) is 17.7. The van der Waals surface area contributed by atoms with Crippen molar-refractivity contribution in [2.45, 2.75) is 26.8 Å². The minimum absolute atomic E-state index is 0.123. The van der Waals surface area contributed by atoms with Gasteiger partial charge in [0.2, 0.25) is 0 Å². The van der Waals surface area contributed by atoms with Crippen LogP contribution < -0.4 is 10.6 Å². The topological polar surface area (TPSA) is 66.9 Å². The first-order chi connectivity index (χ1) is 15.0. The number of aromatic nitrogens is 2. The van der Waals surface area contributed by atoms with E-state index < -0.39 is 0 Å². The van der Waals surface area contributed by atoms with Crippen molar-refractivity contribution in [1.82, 2.24) is 9.97 Å². The summed E-state index contributed by atoms with van der Waals surface area (Å²) in [4.78, 5) is 23.0. The number of hydrogen-bond acceptors (Lipinski definition) is 5. The van der Waals surface area contributed by atoms with Crippen molar-refractivity contribution in [3.63, 3.8) is 0 Å². The number of benzene rings is 1. The molecule has 0 saturated carbocycles. The molecule has 1 atom stereocenters. The van der Waals surface area contributed by atoms with Gasteiger partial charge >= 0.3 is 0 Å². The van der Waals surface area contributed by atoms with Gasteiger partial charge < -0.3 is 10.6 Å². The van der Waals surface area contributed by atoms with Crippen LogP contribution in [-0.4, -0.2) is 15.9 Å². The van der Waals surface area contributed by atoms with Gasteiger partial charge in [0, 0.05) is 34.1 Å². The van der Waals surface area contributed by atoms with Crippen molar-refractivity contribution >= 4 is 28.1 Å². The van der Waals surface area contributed by atoms with Crippen molar-refractivity contribution < 1.29 is 4.79 Å². The first-order valence-electron chi connectivity index (χ1n) is 10.1. The summed E-state index contributed by atoms with van der Waals surface area (Å²) in [5, 5.41) is 7.53. The molecule has 0 bridgehead atoms. The summed E-state index contributed by atoms with van der Waals surface area (Å²) < 4.78 is 0. The lowest BCUT2D eigenvalue weighted by Crippen LogP contribution is -2.18. The Morgan fingerprint density at radius 1 is 0.968 bits per heavy atom. The molecular weight excluding hydrogens is 404 g/mol. The van der Waals surface area contributed by atoms with E-state index in [1.807, 2.05) is 73.8 Å². The predicted molar refractivity (Wildman–Crippen MR) is 127 cm³/mol. The van der Waals surface area contributed by atoms with Gasteiger partial charge in [0.25, 0.3) is 5.91 Å². The molecule has 6 heteroatoms. The average Bonchev–Trinajstić information content (AvgIpc) is 3.06. The molecule has 0 radical (unpaired) electrons. The minimum Gasteiger partial charge on any atom is -0.359 e. The van der Waals surface area contributed by atoms with Crippen LogP contribution in [0.2, 0.25) is 0 Å². The first-order valence-corrected chi connectivity index (χ1v) is 10.9. The van der Waals surface area contributed by atoms with Crippen LogP contribution in [0.5, 0.6) is 0 Å². The van der Waals surface area contributed by atoms with E-state index in [0.717, 1.165) is 38.1 Å². The number of rotatable bonds is 6. The summed E-state index contributed by atoms with van der Waals surface area (Å²) in [7, 11) is 0. The summed E-state index contributed by atoms with van der Waals surface area (Å²) in [6, 6.07) is 18.9. The smallest absolute Gasteiger partial charge is 0.256 e. The van der Waals surface area contributed by atoms with Crippen LogP contribution in [0.4, 0.5) is 10.8 Å². The Bertz CT molecular complexity index is 1190. The van der Waals surface area contributed by atoms with Crippen LogP contribution in [0.1, 0.15) is 43.7 Å². The number of pyridine rings is 2. The van der Waals surface area contributed by atoms with Gasteiger partial charge in [-0.2, -0.15) is 0 Å². The number of anilines is 2. The molecule has 31 heavy (non-hydrogen) atoms. The lowest BCUT2D eigenvalue weighted by Gasteiger charge is -2.22. The zero-order chi connectivity index (χ0) is 21.8. The van der Waals surface area contributed by atoms with E-state index in [9.17, 15) is 4.79 Å². The molecular formula is C25H24N4OS. The van der Waals surface area contributed by atoms with Crippen LogP contribution >= 0.6 is 11.3 Å². The van der Waals surface area contributed by atoms with Crippen LogP contribution in [0, 0.1) is 20.8 Å². The number of thiophene rings is 1. The molecule has 4 rings (SSSR count). The maximum Gasteiger partial charge on any atom is 0.256 e. The highest BCUT2D eigenvalue weighted by Gasteiger charge is 2.25. The standard InChI is InChI=1S/C25H24N4OS/c1-16-9-7-13-21(27-16)28-23(20-12-8-14-26-15-20)22-17(2)18(3)31-25(22)29-24(30)19-10-5-4-6-11-19/h4-15,23H,1-3H3,(H,27,28)(H,29,30)/t23-/m1/s1. The minimum atomic E-state index is -0.209. The second kappa shape index (κ2) is 9.10. The van der Waals surface area contributed by atoms with Gasteiger partial charge in [-0.25, -0.2) is 4.98 Å². The van der Waals surface area contributed by atoms with Gasteiger partial charge in [-0.15, -0.1) is 11.3 Å². The van der Waals surface area contributed by atoms with E-state index >= 15 is 0 Å². The Morgan fingerprint density at radius 2 is 1.77 bits per heavy atom. The van der Waals surface area contributed by atoms with Crippen molar-refractivity contribution in [2.75, 3.05) is 10.6 Å². The van der Waals surface area contributed by atoms with Crippen molar-refractivity contribution in [3.8, 4) is 0 Å². The molecule has 4 aromatic rings. The van der Waals surface area contributed by atoms with E-state index in [1.54, 1.807) is 17.5 Å². The number of nitrogens with zero attached hydrogens (tertiary/aromatic N) is 2. The molecule has 5 nitrogen and oxygen atoms in total. The molecule has 0 unspecified atom stereocenters. The summed E-state index contributed by atoms with van der Waals surface area (Å²) in [6.45, 7) is 6.14. The summed E-state index contributed by atoms with van der Waals surface area (Å²) in [5.41, 5.74) is 4.74. The Balaban J connectivity index is 1.76. The first kappa shape index (κ1) is 20.8. The molecule has 0 aliphatic rings. The maximum atomic E-state index is 12.9. The number of aryl methyl sites for hydroxylation is 2. The Hall–Kier alpha value is -3.51. The Kier molecular flexibility index (Phi) is 6.09. The monoisotopic (exact) mass is 428 g/mol. The largest absolute Gasteiger partial charge is 0.359 e. The highest BCUT2D eigenvalue weighted by Crippen LogP contribution is 2.40. The van der Waals surface area contributed by atoms with Gasteiger partial charge in [0.15, 0.2) is 0 Å². The van der Waals surface area contributed by atoms with Crippen LogP contribution in [0.15, 0.2) is 73.1 Å². The predicted octanol–water partition coefficient (Wildman–Crippen LogP) is 5.92. The molecule has 0 aliphatic heterocycles. The van der Waals surface area contributed by atoms with Gasteiger partial charge in [-0.1, -0.05) is 30.3 Å². The molecule has 0 saturated heterocycles. The highest BCUT2D eigenvalue weighted by atomic mass is 32.1. The fraction of sp³-hybridized carbons (Fsp3) is 0.160. The van der Waals surface area contributed by atoms with Crippen LogP contribution in [0.3, 0.4) is 0 Å². The number of carbonyl (C=O) groups is 1. The van der Waals surface area contributed by atoms with E-state index in [4.69, 9.17) is 0 Å². The molecule has 0 fully saturated rings. The van der Waals surface area contributed by atoms with Gasteiger partial charge in [0.1, 0.15) is 10.8 Å². The number of nitrogens with one attached hydrogen (secondary N) is 2. The van der Waals surface area contributed by atoms with E-state index in [-0.39, 0.29) is 11.9 Å². The summed E-state index contributed by atoms with van der Waals surface area (Å²) >= 11 is 1.59. The molecule has 3 heterocycles. The number of hydrogen-bond donors (Lipinski definition) is 2. The maximum absolute atomic E-state index is 12.9. The quantitative estimate of drug-likeness (QED) is 0.400.